The zero-order valence-corrected chi connectivity index (χ0v) is 18.5. The Morgan fingerprint density at radius 1 is 1.18 bits per heavy atom. The second-order valence-corrected chi connectivity index (χ2v) is 8.15. The van der Waals surface area contributed by atoms with E-state index < -0.39 is 48.0 Å². The van der Waals surface area contributed by atoms with Crippen LogP contribution in [0.4, 0.5) is 14.5 Å². The van der Waals surface area contributed by atoms with Gasteiger partial charge in [-0.3, -0.25) is 14.4 Å². The van der Waals surface area contributed by atoms with Crippen molar-refractivity contribution in [1.29, 1.82) is 0 Å². The lowest BCUT2D eigenvalue weighted by atomic mass is 10.0. The highest BCUT2D eigenvalue weighted by atomic mass is 19.2. The average molecular weight is 477 g/mol. The van der Waals surface area contributed by atoms with E-state index in [1.165, 1.54) is 12.1 Å². The van der Waals surface area contributed by atoms with E-state index in [2.05, 4.69) is 15.6 Å². The van der Waals surface area contributed by atoms with Crippen molar-refractivity contribution in [2.45, 2.75) is 45.3 Å². The number of carbonyl (C=O) groups excluding carboxylic acids is 2. The number of carbonyl (C=O) groups is 3. The number of halogens is 2. The summed E-state index contributed by atoms with van der Waals surface area (Å²) in [5.74, 6) is -4.46. The number of hydrogen-bond acceptors (Lipinski definition) is 5. The zero-order valence-electron chi connectivity index (χ0n) is 18.5. The van der Waals surface area contributed by atoms with Gasteiger partial charge in [0.15, 0.2) is 11.6 Å². The Bertz CT molecular complexity index is 1170. The molecule has 2 amide bonds. The number of aromatic nitrogens is 1. The third-order valence-electron chi connectivity index (χ3n) is 5.57. The van der Waals surface area contributed by atoms with Gasteiger partial charge in [-0.05, 0) is 50.5 Å². The van der Waals surface area contributed by atoms with Gasteiger partial charge in [0, 0.05) is 23.5 Å². The summed E-state index contributed by atoms with van der Waals surface area (Å²) in [5.41, 5.74) is 1.54. The molecule has 6 N–H and O–H groups in total. The molecule has 0 saturated carbocycles. The molecule has 2 atom stereocenters. The third kappa shape index (κ3) is 5.32. The van der Waals surface area contributed by atoms with Crippen molar-refractivity contribution in [2.24, 2.45) is 0 Å². The maximum absolute atomic E-state index is 14.3. The van der Waals surface area contributed by atoms with Crippen LogP contribution in [0.5, 0.6) is 0 Å². The number of carboxylic acids is 1. The number of aromatic amines is 1. The molecule has 1 aromatic heterocycles. The largest absolute Gasteiger partial charge is 0.481 e. The lowest BCUT2D eigenvalue weighted by Crippen LogP contribution is -2.29. The lowest BCUT2D eigenvalue weighted by Gasteiger charge is -2.14. The van der Waals surface area contributed by atoms with Gasteiger partial charge in [-0.2, -0.15) is 0 Å². The fourth-order valence-corrected chi connectivity index (χ4v) is 3.92. The van der Waals surface area contributed by atoms with Gasteiger partial charge in [-0.25, -0.2) is 8.78 Å². The Labute approximate surface area is 193 Å². The van der Waals surface area contributed by atoms with Crippen LogP contribution >= 0.6 is 0 Å². The molecule has 2 aromatic rings. The number of aliphatic carboxylic acids is 1. The van der Waals surface area contributed by atoms with Crippen LogP contribution in [0.25, 0.3) is 11.6 Å². The van der Waals surface area contributed by atoms with Crippen molar-refractivity contribution in [2.75, 3.05) is 11.9 Å². The van der Waals surface area contributed by atoms with Crippen molar-refractivity contribution in [3.05, 3.63) is 51.8 Å². The van der Waals surface area contributed by atoms with Gasteiger partial charge in [-0.1, -0.05) is 0 Å². The minimum absolute atomic E-state index is 0.0700. The molecule has 3 rings (SSSR count). The van der Waals surface area contributed by atoms with Crippen LogP contribution in [-0.2, 0) is 9.59 Å². The SMILES string of the molecule is Cc1[nH]c(C=C2C(=O)Nc3ccc(F)c(F)c32)c(C)c1C(=O)NCC[C@@H](O)C[C@@H](O)CC(=O)O. The van der Waals surface area contributed by atoms with Gasteiger partial charge >= 0.3 is 5.97 Å². The smallest absolute Gasteiger partial charge is 0.305 e. The fraction of sp³-hybridized carbons (Fsp3) is 0.348. The highest BCUT2D eigenvalue weighted by molar-refractivity contribution is 6.35. The molecular formula is C23H25F2N3O6. The summed E-state index contributed by atoms with van der Waals surface area (Å²) in [7, 11) is 0. The van der Waals surface area contributed by atoms with Gasteiger partial charge in [0.25, 0.3) is 11.8 Å². The number of carboxylic acid groups (broad SMARTS) is 1. The first-order valence-corrected chi connectivity index (χ1v) is 10.6. The Hall–Kier alpha value is -3.57. The minimum atomic E-state index is -1.19. The van der Waals surface area contributed by atoms with Crippen LogP contribution in [0.3, 0.4) is 0 Å². The Balaban J connectivity index is 1.72. The number of amides is 2. The van der Waals surface area contributed by atoms with Crippen molar-refractivity contribution in [3.8, 4) is 0 Å². The molecule has 0 saturated heterocycles. The molecule has 0 fully saturated rings. The molecule has 9 nitrogen and oxygen atoms in total. The Kier molecular flexibility index (Phi) is 7.48. The second kappa shape index (κ2) is 10.1. The first-order chi connectivity index (χ1) is 16.0. The molecule has 1 aliphatic rings. The highest BCUT2D eigenvalue weighted by Gasteiger charge is 2.30. The fourth-order valence-electron chi connectivity index (χ4n) is 3.92. The minimum Gasteiger partial charge on any atom is -0.481 e. The van der Waals surface area contributed by atoms with Gasteiger partial charge in [0.1, 0.15) is 0 Å². The average Bonchev–Trinajstić information content (AvgIpc) is 3.20. The lowest BCUT2D eigenvalue weighted by molar-refractivity contribution is -0.139. The van der Waals surface area contributed by atoms with Gasteiger partial charge in [0.05, 0.1) is 35.5 Å². The third-order valence-corrected chi connectivity index (χ3v) is 5.57. The summed E-state index contributed by atoms with van der Waals surface area (Å²) in [6.45, 7) is 3.35. The summed E-state index contributed by atoms with van der Waals surface area (Å²) < 4.78 is 28.0. The zero-order chi connectivity index (χ0) is 25.2. The monoisotopic (exact) mass is 477 g/mol. The van der Waals surface area contributed by atoms with Crippen molar-refractivity contribution < 1.29 is 38.5 Å². The number of aryl methyl sites for hydroxylation is 1. The molecule has 1 aromatic carbocycles. The number of benzene rings is 1. The summed E-state index contributed by atoms with van der Waals surface area (Å²) in [6.07, 6.45) is -1.35. The van der Waals surface area contributed by atoms with E-state index in [0.717, 1.165) is 6.07 Å². The predicted octanol–water partition coefficient (Wildman–Crippen LogP) is 2.11. The van der Waals surface area contributed by atoms with Crippen LogP contribution in [0.2, 0.25) is 0 Å². The topological polar surface area (TPSA) is 152 Å². The number of rotatable bonds is 9. The predicted molar refractivity (Wildman–Crippen MR) is 119 cm³/mol. The van der Waals surface area contributed by atoms with E-state index in [1.54, 1.807) is 13.8 Å². The van der Waals surface area contributed by atoms with E-state index in [1.807, 2.05) is 0 Å². The molecule has 0 spiro atoms. The molecule has 11 heteroatoms. The number of hydrogen-bond donors (Lipinski definition) is 6. The van der Waals surface area contributed by atoms with E-state index in [0.29, 0.717) is 22.5 Å². The first-order valence-electron chi connectivity index (χ1n) is 10.6. The molecule has 0 aliphatic carbocycles. The molecule has 1 aliphatic heterocycles. The van der Waals surface area contributed by atoms with Crippen molar-refractivity contribution in [3.63, 3.8) is 0 Å². The molecule has 0 radical (unpaired) electrons. The van der Waals surface area contributed by atoms with Gasteiger partial charge in [0.2, 0.25) is 0 Å². The summed E-state index contributed by atoms with van der Waals surface area (Å²) in [5, 5.41) is 33.3. The Morgan fingerprint density at radius 3 is 2.56 bits per heavy atom. The van der Waals surface area contributed by atoms with Crippen molar-refractivity contribution in [1.82, 2.24) is 10.3 Å². The number of aliphatic hydroxyl groups excluding tert-OH is 2. The number of fused-ring (bicyclic) bond motifs is 1. The Morgan fingerprint density at radius 2 is 1.88 bits per heavy atom. The summed E-state index contributed by atoms with van der Waals surface area (Å²) in [6, 6.07) is 2.20. The first kappa shape index (κ1) is 25.1. The molecular weight excluding hydrogens is 452 g/mol. The van der Waals surface area contributed by atoms with Crippen LogP contribution in [-0.4, -0.2) is 56.8 Å². The molecule has 2 heterocycles. The summed E-state index contributed by atoms with van der Waals surface area (Å²) >= 11 is 0. The number of aliphatic hydroxyl groups is 2. The number of H-pyrrole nitrogens is 1. The quantitative estimate of drug-likeness (QED) is 0.304. The number of anilines is 1. The normalized spacial score (nSPS) is 15.7. The van der Waals surface area contributed by atoms with Crippen LogP contribution in [0.15, 0.2) is 12.1 Å². The highest BCUT2D eigenvalue weighted by Crippen LogP contribution is 2.36. The number of nitrogens with one attached hydrogen (secondary N) is 3. The van der Waals surface area contributed by atoms with Crippen molar-refractivity contribution >= 4 is 35.1 Å². The van der Waals surface area contributed by atoms with Crippen LogP contribution in [0, 0.1) is 25.5 Å². The van der Waals surface area contributed by atoms with E-state index in [-0.39, 0.29) is 36.2 Å². The second-order valence-electron chi connectivity index (χ2n) is 8.15. The van der Waals surface area contributed by atoms with Gasteiger partial charge in [-0.15, -0.1) is 0 Å². The summed E-state index contributed by atoms with van der Waals surface area (Å²) in [4.78, 5) is 38.6. The maximum atomic E-state index is 14.3. The van der Waals surface area contributed by atoms with E-state index >= 15 is 0 Å². The van der Waals surface area contributed by atoms with Crippen LogP contribution in [0.1, 0.15) is 52.1 Å². The van der Waals surface area contributed by atoms with Crippen LogP contribution < -0.4 is 10.6 Å². The molecule has 182 valence electrons. The standard InChI is InChI=1S/C23H25F2N3O6/c1-10-17(9-14-20-16(28-22(14)33)4-3-15(24)21(20)25)27-11(2)19(10)23(34)26-6-5-12(29)7-13(30)8-18(31)32/h3-4,9,12-13,27,29-30H,5-8H2,1-2H3,(H,26,34)(H,28,33)(H,31,32)/t12-,13-/m1/s1. The maximum Gasteiger partial charge on any atom is 0.305 e. The van der Waals surface area contributed by atoms with E-state index in [4.69, 9.17) is 5.11 Å². The molecule has 0 unspecified atom stereocenters. The van der Waals surface area contributed by atoms with Gasteiger partial charge < -0.3 is 30.9 Å². The molecule has 0 bridgehead atoms. The molecule has 34 heavy (non-hydrogen) atoms. The van der Waals surface area contributed by atoms with E-state index in [9.17, 15) is 33.4 Å².